The van der Waals surface area contributed by atoms with Crippen LogP contribution >= 0.6 is 0 Å². The number of ether oxygens (including phenoxy) is 1. The molecule has 6 nitrogen and oxygen atoms in total. The number of carboxylic acids is 1. The SMILES string of the molecule is [2H]C([2H])([2H])C(=CCCC(C(=O)O)=C1[C@@H](OC(C)=O)C[C@@]2(C)[C@H]1CC(O)[C@H]1[C@@]3(C)CCC(O)[C@@H](C)[C@@H]3CC[C@@]12C)C([2H])([2H])[2H]. The van der Waals surface area contributed by atoms with Gasteiger partial charge in [-0.15, -0.1) is 0 Å². The Labute approximate surface area is 231 Å². The lowest BCUT2D eigenvalue weighted by Gasteiger charge is -2.69. The maximum absolute atomic E-state index is 12.8. The van der Waals surface area contributed by atoms with E-state index in [0.29, 0.717) is 24.8 Å². The van der Waals surface area contributed by atoms with Gasteiger partial charge in [-0.3, -0.25) is 4.79 Å². The van der Waals surface area contributed by atoms with Gasteiger partial charge in [-0.1, -0.05) is 39.3 Å². The molecule has 0 saturated heterocycles. The fourth-order valence-electron chi connectivity index (χ4n) is 9.64. The van der Waals surface area contributed by atoms with E-state index in [1.54, 1.807) is 0 Å². The molecule has 0 heterocycles. The molecule has 0 aliphatic heterocycles. The topological polar surface area (TPSA) is 104 Å². The zero-order chi connectivity index (χ0) is 32.5. The molecule has 37 heavy (non-hydrogen) atoms. The Hall–Kier alpha value is -1.66. The van der Waals surface area contributed by atoms with Crippen molar-refractivity contribution < 1.29 is 37.9 Å². The number of carbonyl (C=O) groups excluding carboxylic acids is 1. The van der Waals surface area contributed by atoms with E-state index in [1.807, 2.05) is 0 Å². The number of carbonyl (C=O) groups is 2. The van der Waals surface area contributed by atoms with Crippen LogP contribution in [0.2, 0.25) is 0 Å². The summed E-state index contributed by atoms with van der Waals surface area (Å²) >= 11 is 0. The fourth-order valence-corrected chi connectivity index (χ4v) is 9.64. The highest BCUT2D eigenvalue weighted by Crippen LogP contribution is 2.74. The van der Waals surface area contributed by atoms with E-state index in [1.165, 1.54) is 6.92 Å². The van der Waals surface area contributed by atoms with Gasteiger partial charge in [0, 0.05) is 20.7 Å². The van der Waals surface area contributed by atoms with Crippen molar-refractivity contribution in [3.63, 3.8) is 0 Å². The van der Waals surface area contributed by atoms with Crippen LogP contribution in [0.4, 0.5) is 0 Å². The minimum absolute atomic E-state index is 0.0183. The van der Waals surface area contributed by atoms with Crippen LogP contribution in [0.1, 0.15) is 108 Å². The van der Waals surface area contributed by atoms with Crippen LogP contribution in [0.3, 0.4) is 0 Å². The molecule has 4 aliphatic carbocycles. The summed E-state index contributed by atoms with van der Waals surface area (Å²) in [6.07, 6.45) is 2.69. The van der Waals surface area contributed by atoms with E-state index < -0.39 is 60.2 Å². The van der Waals surface area contributed by atoms with Gasteiger partial charge in [0.1, 0.15) is 6.10 Å². The second-order valence-electron chi connectivity index (χ2n) is 13.0. The Morgan fingerprint density at radius 1 is 1.11 bits per heavy atom. The van der Waals surface area contributed by atoms with Crippen LogP contribution in [-0.4, -0.2) is 45.6 Å². The monoisotopic (exact) mass is 522 g/mol. The number of aliphatic hydroxyl groups excluding tert-OH is 2. The van der Waals surface area contributed by atoms with E-state index in [4.69, 9.17) is 13.0 Å². The number of hydrogen-bond donors (Lipinski definition) is 3. The Balaban J connectivity index is 1.80. The molecule has 0 spiro atoms. The molecule has 0 aromatic carbocycles. The summed E-state index contributed by atoms with van der Waals surface area (Å²) in [5.41, 5.74) is -1.43. The molecule has 0 amide bonds. The molecule has 4 fully saturated rings. The first-order valence-electron chi connectivity index (χ1n) is 16.8. The van der Waals surface area contributed by atoms with Crippen molar-refractivity contribution >= 4 is 11.9 Å². The largest absolute Gasteiger partial charge is 0.478 e. The van der Waals surface area contributed by atoms with E-state index >= 15 is 0 Å². The third-order valence-electron chi connectivity index (χ3n) is 11.4. The standard InChI is InChI=1S/C31H48O6/c1-17(2)9-8-10-20(28(35)36)26-22-15-24(34)27-29(5)13-12-23(33)18(3)21(29)11-14-30(27,6)31(22,7)16-25(26)37-19(4)32/h9,18,21-25,27,33-34H,8,10-16H2,1-7H3,(H,35,36)/t18-,21-,22-,23?,24?,25-,27-,29-,30-,31-/m0/s1/i1D3,2D3. The molecular formula is C31H48O6. The Kier molecular flexibility index (Phi) is 5.63. The number of aliphatic hydroxyl groups is 2. The lowest BCUT2D eigenvalue weighted by atomic mass is 9.36. The molecule has 0 bridgehead atoms. The Bertz CT molecular complexity index is 1180. The van der Waals surface area contributed by atoms with Crippen molar-refractivity contribution in [3.05, 3.63) is 22.8 Å². The van der Waals surface area contributed by atoms with Gasteiger partial charge >= 0.3 is 11.9 Å². The smallest absolute Gasteiger partial charge is 0.331 e. The molecule has 4 rings (SSSR count). The zero-order valence-electron chi connectivity index (χ0n) is 28.8. The lowest BCUT2D eigenvalue weighted by molar-refractivity contribution is -0.234. The van der Waals surface area contributed by atoms with Gasteiger partial charge in [0.05, 0.1) is 12.2 Å². The van der Waals surface area contributed by atoms with Gasteiger partial charge in [0.15, 0.2) is 0 Å². The normalized spacial score (nSPS) is 49.3. The van der Waals surface area contributed by atoms with Crippen LogP contribution in [0, 0.1) is 39.9 Å². The lowest BCUT2D eigenvalue weighted by Crippen LogP contribution is -2.65. The summed E-state index contributed by atoms with van der Waals surface area (Å²) in [6.45, 7) is 4.24. The Morgan fingerprint density at radius 2 is 1.81 bits per heavy atom. The Morgan fingerprint density at radius 3 is 2.43 bits per heavy atom. The number of rotatable bonds is 5. The second kappa shape index (κ2) is 9.82. The third-order valence-corrected chi connectivity index (χ3v) is 11.4. The zero-order valence-corrected chi connectivity index (χ0v) is 22.8. The van der Waals surface area contributed by atoms with Crippen molar-refractivity contribution in [1.29, 1.82) is 0 Å². The first-order chi connectivity index (χ1) is 19.6. The summed E-state index contributed by atoms with van der Waals surface area (Å²) in [7, 11) is 0. The summed E-state index contributed by atoms with van der Waals surface area (Å²) in [5.74, 6) is -1.92. The number of esters is 1. The van der Waals surface area contributed by atoms with Gasteiger partial charge in [0.25, 0.3) is 0 Å². The highest BCUT2D eigenvalue weighted by molar-refractivity contribution is 5.88. The molecule has 0 aromatic rings. The maximum Gasteiger partial charge on any atom is 0.331 e. The highest BCUT2D eigenvalue weighted by Gasteiger charge is 2.70. The predicted molar refractivity (Wildman–Crippen MR) is 143 cm³/mol. The van der Waals surface area contributed by atoms with Crippen LogP contribution in [0.15, 0.2) is 22.8 Å². The van der Waals surface area contributed by atoms with E-state index in [0.717, 1.165) is 25.3 Å². The van der Waals surface area contributed by atoms with Crippen molar-refractivity contribution in [2.75, 3.05) is 0 Å². The predicted octanol–water partition coefficient (Wildman–Crippen LogP) is 5.67. The molecule has 208 valence electrons. The van der Waals surface area contributed by atoms with Crippen molar-refractivity contribution in [1.82, 2.24) is 0 Å². The quantitative estimate of drug-likeness (QED) is 0.244. The molecule has 6 heteroatoms. The third kappa shape index (κ3) is 4.40. The van der Waals surface area contributed by atoms with Gasteiger partial charge in [-0.2, -0.15) is 0 Å². The number of fused-ring (bicyclic) bond motifs is 5. The molecule has 4 saturated carbocycles. The van der Waals surface area contributed by atoms with Crippen molar-refractivity contribution in [2.24, 2.45) is 39.9 Å². The average Bonchev–Trinajstić information content (AvgIpc) is 3.11. The summed E-state index contributed by atoms with van der Waals surface area (Å²) in [5, 5.41) is 33.1. The first-order valence-corrected chi connectivity index (χ1v) is 13.8. The highest BCUT2D eigenvalue weighted by atomic mass is 16.5. The molecule has 0 aromatic heterocycles. The molecule has 4 aliphatic rings. The van der Waals surface area contributed by atoms with Crippen LogP contribution in [0.25, 0.3) is 0 Å². The number of aliphatic carboxylic acids is 1. The summed E-state index contributed by atoms with van der Waals surface area (Å²) in [4.78, 5) is 25.1. The van der Waals surface area contributed by atoms with Gasteiger partial charge in [-0.05, 0) is 111 Å². The minimum Gasteiger partial charge on any atom is -0.478 e. The second-order valence-corrected chi connectivity index (χ2v) is 13.0. The molecular weight excluding hydrogens is 468 g/mol. The van der Waals surface area contributed by atoms with E-state index in [-0.39, 0.29) is 47.7 Å². The van der Waals surface area contributed by atoms with Gasteiger partial charge in [-0.25, -0.2) is 4.79 Å². The number of hydrogen-bond acceptors (Lipinski definition) is 5. The molecule has 10 atom stereocenters. The average molecular weight is 523 g/mol. The van der Waals surface area contributed by atoms with E-state index in [2.05, 4.69) is 27.7 Å². The van der Waals surface area contributed by atoms with E-state index in [9.17, 15) is 24.9 Å². The van der Waals surface area contributed by atoms with Crippen LogP contribution in [0.5, 0.6) is 0 Å². The molecule has 3 N–H and O–H groups in total. The fraction of sp³-hybridized carbons (Fsp3) is 0.806. The summed E-state index contributed by atoms with van der Waals surface area (Å²) in [6, 6.07) is 0. The number of allylic oxidation sites excluding steroid dienone is 2. The van der Waals surface area contributed by atoms with Crippen LogP contribution in [-0.2, 0) is 14.3 Å². The maximum atomic E-state index is 12.8. The minimum atomic E-state index is -2.85. The van der Waals surface area contributed by atoms with Crippen molar-refractivity contribution in [3.8, 4) is 0 Å². The molecule has 0 radical (unpaired) electrons. The first kappa shape index (κ1) is 21.2. The van der Waals surface area contributed by atoms with Crippen molar-refractivity contribution in [2.45, 2.75) is 118 Å². The summed E-state index contributed by atoms with van der Waals surface area (Å²) < 4.78 is 51.7. The number of carboxylic acid groups (broad SMARTS) is 1. The van der Waals surface area contributed by atoms with Gasteiger partial charge < -0.3 is 20.1 Å². The van der Waals surface area contributed by atoms with Gasteiger partial charge in [0.2, 0.25) is 0 Å². The van der Waals surface area contributed by atoms with Crippen LogP contribution < -0.4 is 0 Å². The molecule has 2 unspecified atom stereocenters.